The molecule has 0 saturated heterocycles. The number of rotatable bonds is 1. The summed E-state index contributed by atoms with van der Waals surface area (Å²) in [6, 6.07) is 0. The third-order valence-corrected chi connectivity index (χ3v) is 1.46. The largest absolute Gasteiger partial charge is 0.381 e. The Morgan fingerprint density at radius 1 is 1.57 bits per heavy atom. The molecular weight excluding hydrogens is 119 g/mol. The van der Waals surface area contributed by atoms with Gasteiger partial charge in [0.2, 0.25) is 0 Å². The van der Waals surface area contributed by atoms with E-state index in [1.54, 1.807) is 0 Å². The van der Waals surface area contributed by atoms with Crippen LogP contribution in [0.25, 0.3) is 0 Å². The molecule has 7 heavy (non-hydrogen) atoms. The molecule has 3 N–H and O–H groups in total. The van der Waals surface area contributed by atoms with Gasteiger partial charge in [0.15, 0.2) is 5.85 Å². The molecule has 1 atom stereocenters. The van der Waals surface area contributed by atoms with Gasteiger partial charge in [0.25, 0.3) is 0 Å². The average Bonchev–Trinajstić information content (AvgIpc) is 1.31. The molecule has 0 spiro atoms. The summed E-state index contributed by atoms with van der Waals surface area (Å²) in [6.07, 6.45) is 0. The van der Waals surface area contributed by atoms with E-state index in [9.17, 15) is 4.57 Å². The highest BCUT2D eigenvalue weighted by atomic mass is 31.2. The zero-order valence-corrected chi connectivity index (χ0v) is 4.67. The maximum Gasteiger partial charge on any atom is 0.353 e. The van der Waals surface area contributed by atoms with Gasteiger partial charge in [-0.05, 0) is 6.92 Å². The van der Waals surface area contributed by atoms with Crippen molar-refractivity contribution in [1.29, 1.82) is 0 Å². The maximum atomic E-state index is 9.78. The first-order chi connectivity index (χ1) is 2.94. The van der Waals surface area contributed by atoms with E-state index in [1.807, 2.05) is 0 Å². The third kappa shape index (κ3) is 2.76. The fourth-order valence-corrected chi connectivity index (χ4v) is 0. The Hall–Kier alpha value is 0.110. The van der Waals surface area contributed by atoms with Crippen molar-refractivity contribution in [3.05, 3.63) is 0 Å². The monoisotopic (exact) mass is 126 g/mol. The second-order valence-electron chi connectivity index (χ2n) is 1.22. The van der Waals surface area contributed by atoms with Gasteiger partial charge in [0.05, 0.1) is 0 Å². The summed E-state index contributed by atoms with van der Waals surface area (Å²) in [7, 11) is -4.18. The molecule has 0 radical (unpaired) electrons. The molecule has 0 bridgehead atoms. The molecule has 0 aliphatic heterocycles. The summed E-state index contributed by atoms with van der Waals surface area (Å²) < 4.78 is 9.78. The summed E-state index contributed by atoms with van der Waals surface area (Å²) in [4.78, 5) is 15.9. The number of hydrogen-bond acceptors (Lipinski definition) is 2. The van der Waals surface area contributed by atoms with Gasteiger partial charge in [0.1, 0.15) is 0 Å². The molecule has 0 amide bonds. The molecule has 0 aliphatic carbocycles. The van der Waals surface area contributed by atoms with Crippen LogP contribution in [-0.2, 0) is 4.57 Å². The zero-order chi connectivity index (χ0) is 6.08. The molecule has 0 rings (SSSR count). The maximum absolute atomic E-state index is 9.78. The van der Waals surface area contributed by atoms with Gasteiger partial charge in [0, 0.05) is 0 Å². The lowest BCUT2D eigenvalue weighted by molar-refractivity contribution is 0.218. The second-order valence-corrected chi connectivity index (χ2v) is 3.15. The van der Waals surface area contributed by atoms with Gasteiger partial charge < -0.3 is 14.9 Å². The molecule has 0 fully saturated rings. The Morgan fingerprint density at radius 3 is 1.71 bits per heavy atom. The van der Waals surface area contributed by atoms with Crippen molar-refractivity contribution in [2.45, 2.75) is 12.8 Å². The molecular formula is C2H7O4P. The van der Waals surface area contributed by atoms with Crippen molar-refractivity contribution in [1.82, 2.24) is 0 Å². The van der Waals surface area contributed by atoms with Gasteiger partial charge in [-0.25, -0.2) is 0 Å². The SMILES string of the molecule is C[C@H](O)P(=O)(O)O. The van der Waals surface area contributed by atoms with E-state index < -0.39 is 13.4 Å². The Kier molecular flexibility index (Phi) is 1.95. The smallest absolute Gasteiger partial charge is 0.353 e. The van der Waals surface area contributed by atoms with Crippen molar-refractivity contribution < 1.29 is 19.5 Å². The van der Waals surface area contributed by atoms with Crippen molar-refractivity contribution >= 4 is 7.60 Å². The minimum atomic E-state index is -4.18. The molecule has 0 unspecified atom stereocenters. The van der Waals surface area contributed by atoms with Crippen LogP contribution in [0.2, 0.25) is 0 Å². The first-order valence-electron chi connectivity index (χ1n) is 1.68. The van der Waals surface area contributed by atoms with Crippen LogP contribution in [0.1, 0.15) is 6.92 Å². The lowest BCUT2D eigenvalue weighted by Crippen LogP contribution is -1.98. The van der Waals surface area contributed by atoms with Crippen molar-refractivity contribution in [2.24, 2.45) is 0 Å². The minimum absolute atomic E-state index is 1.04. The van der Waals surface area contributed by atoms with Crippen molar-refractivity contribution in [3.8, 4) is 0 Å². The Morgan fingerprint density at radius 2 is 1.71 bits per heavy atom. The molecule has 44 valence electrons. The summed E-state index contributed by atoms with van der Waals surface area (Å²) in [6.45, 7) is 1.04. The van der Waals surface area contributed by atoms with Crippen molar-refractivity contribution in [2.75, 3.05) is 0 Å². The van der Waals surface area contributed by atoms with Gasteiger partial charge in [-0.3, -0.25) is 4.57 Å². The van der Waals surface area contributed by atoms with E-state index in [2.05, 4.69) is 0 Å². The van der Waals surface area contributed by atoms with E-state index in [4.69, 9.17) is 14.9 Å². The standard InChI is InChI=1S/C2H7O4P/c1-2(3)7(4,5)6/h2-3H,1H3,(H2,4,5,6)/t2-/m1/s1. The van der Waals surface area contributed by atoms with Crippen LogP contribution in [0, 0.1) is 0 Å². The molecule has 0 aromatic rings. The van der Waals surface area contributed by atoms with E-state index >= 15 is 0 Å². The van der Waals surface area contributed by atoms with Crippen molar-refractivity contribution in [3.63, 3.8) is 0 Å². The van der Waals surface area contributed by atoms with Crippen LogP contribution in [0.5, 0.6) is 0 Å². The number of aliphatic hydroxyl groups excluding tert-OH is 1. The summed E-state index contributed by atoms with van der Waals surface area (Å²) in [5, 5.41) is 8.13. The fourth-order valence-electron chi connectivity index (χ4n) is 0. The van der Waals surface area contributed by atoms with E-state index in [-0.39, 0.29) is 0 Å². The Labute approximate surface area is 40.9 Å². The third-order valence-electron chi connectivity index (χ3n) is 0.487. The molecule has 0 saturated carbocycles. The first-order valence-corrected chi connectivity index (χ1v) is 3.36. The molecule has 5 heteroatoms. The summed E-state index contributed by atoms with van der Waals surface area (Å²) in [5.41, 5.74) is 0. The van der Waals surface area contributed by atoms with Crippen LogP contribution < -0.4 is 0 Å². The molecule has 0 heterocycles. The minimum Gasteiger partial charge on any atom is -0.381 e. The normalized spacial score (nSPS) is 16.6. The van der Waals surface area contributed by atoms with Gasteiger partial charge >= 0.3 is 7.60 Å². The highest BCUT2D eigenvalue weighted by Crippen LogP contribution is 2.38. The molecule has 4 nitrogen and oxygen atoms in total. The van der Waals surface area contributed by atoms with E-state index in [0.717, 1.165) is 6.92 Å². The van der Waals surface area contributed by atoms with E-state index in [1.165, 1.54) is 0 Å². The van der Waals surface area contributed by atoms with E-state index in [0.29, 0.717) is 0 Å². The lowest BCUT2D eigenvalue weighted by Gasteiger charge is -2.03. The van der Waals surface area contributed by atoms with Crippen LogP contribution in [0.15, 0.2) is 0 Å². The lowest BCUT2D eigenvalue weighted by atomic mass is 10.9. The number of aliphatic hydroxyl groups is 1. The summed E-state index contributed by atoms with van der Waals surface area (Å²) >= 11 is 0. The topological polar surface area (TPSA) is 77.8 Å². The molecule has 0 aromatic carbocycles. The van der Waals surface area contributed by atoms with Crippen LogP contribution in [-0.4, -0.2) is 20.7 Å². The predicted octanol–water partition coefficient (Wildman–Crippen LogP) is -0.498. The second kappa shape index (κ2) is 1.92. The predicted molar refractivity (Wildman–Crippen MR) is 23.7 cm³/mol. The number of hydrogen-bond donors (Lipinski definition) is 3. The quantitative estimate of drug-likeness (QED) is 0.414. The van der Waals surface area contributed by atoms with Crippen LogP contribution in [0.3, 0.4) is 0 Å². The molecule has 0 aromatic heterocycles. The van der Waals surface area contributed by atoms with Gasteiger partial charge in [-0.15, -0.1) is 0 Å². The van der Waals surface area contributed by atoms with Crippen LogP contribution >= 0.6 is 7.60 Å². The molecule has 0 aliphatic rings. The highest BCUT2D eigenvalue weighted by molar-refractivity contribution is 7.52. The Balaban J connectivity index is 3.80. The zero-order valence-electron chi connectivity index (χ0n) is 3.77. The first kappa shape index (κ1) is 7.11. The van der Waals surface area contributed by atoms with Gasteiger partial charge in [-0.2, -0.15) is 0 Å². The average molecular weight is 126 g/mol. The Bertz CT molecular complexity index is 91.9. The van der Waals surface area contributed by atoms with Crippen LogP contribution in [0.4, 0.5) is 0 Å². The fraction of sp³-hybridized carbons (Fsp3) is 1.00. The highest BCUT2D eigenvalue weighted by Gasteiger charge is 2.19. The van der Waals surface area contributed by atoms with Gasteiger partial charge in [-0.1, -0.05) is 0 Å². The summed E-state index contributed by atoms with van der Waals surface area (Å²) in [5.74, 6) is -1.53.